The molecule has 2 unspecified atom stereocenters. The van der Waals surface area contributed by atoms with Gasteiger partial charge in [0.1, 0.15) is 5.82 Å². The Labute approximate surface area is 113 Å². The zero-order valence-electron chi connectivity index (χ0n) is 10.9. The summed E-state index contributed by atoms with van der Waals surface area (Å²) < 4.78 is 37.7. The van der Waals surface area contributed by atoms with Crippen LogP contribution in [0.25, 0.3) is 0 Å². The number of anilines is 1. The molecule has 2 aliphatic heterocycles. The Kier molecular flexibility index (Phi) is 3.04. The van der Waals surface area contributed by atoms with E-state index >= 15 is 0 Å². The summed E-state index contributed by atoms with van der Waals surface area (Å²) in [6, 6.07) is 5.03. The molecule has 1 aromatic rings. The Bertz CT molecular complexity index is 579. The van der Waals surface area contributed by atoms with Gasteiger partial charge in [0.25, 0.3) is 0 Å². The predicted molar refractivity (Wildman–Crippen MR) is 73.5 cm³/mol. The van der Waals surface area contributed by atoms with Gasteiger partial charge in [-0.05, 0) is 50.3 Å². The van der Waals surface area contributed by atoms with Crippen molar-refractivity contribution in [3.05, 3.63) is 29.6 Å². The molecule has 0 saturated carbocycles. The predicted octanol–water partition coefficient (Wildman–Crippen LogP) is 2.65. The number of halogens is 1. The van der Waals surface area contributed by atoms with Crippen molar-refractivity contribution < 1.29 is 12.8 Å². The second-order valence-electron chi connectivity index (χ2n) is 5.71. The first-order valence-electron chi connectivity index (χ1n) is 6.72. The Balaban J connectivity index is 1.78. The minimum absolute atomic E-state index is 0.0670. The van der Waals surface area contributed by atoms with E-state index in [1.54, 1.807) is 12.1 Å². The summed E-state index contributed by atoms with van der Waals surface area (Å²) in [6.45, 7) is 1.92. The lowest BCUT2D eigenvalue weighted by atomic mass is 10.1. The van der Waals surface area contributed by atoms with Crippen LogP contribution in [-0.2, 0) is 9.84 Å². The fourth-order valence-electron chi connectivity index (χ4n) is 3.29. The topological polar surface area (TPSA) is 46.2 Å². The number of hydrogen-bond acceptors (Lipinski definition) is 3. The molecule has 0 radical (unpaired) electrons. The Hall–Kier alpha value is -1.10. The van der Waals surface area contributed by atoms with Crippen LogP contribution in [-0.4, -0.2) is 25.0 Å². The average Bonchev–Trinajstić information content (AvgIpc) is 2.55. The molecule has 0 amide bonds. The lowest BCUT2D eigenvalue weighted by Crippen LogP contribution is -2.39. The molecule has 0 aliphatic carbocycles. The summed E-state index contributed by atoms with van der Waals surface area (Å²) >= 11 is 0. The van der Waals surface area contributed by atoms with E-state index in [1.807, 2.05) is 6.92 Å². The van der Waals surface area contributed by atoms with Gasteiger partial charge in [0, 0.05) is 6.04 Å². The van der Waals surface area contributed by atoms with Crippen molar-refractivity contribution in [3.63, 3.8) is 0 Å². The Morgan fingerprint density at radius 3 is 2.47 bits per heavy atom. The lowest BCUT2D eigenvalue weighted by Gasteiger charge is -2.29. The van der Waals surface area contributed by atoms with Crippen LogP contribution in [0.3, 0.4) is 0 Å². The molecule has 5 heteroatoms. The first kappa shape index (κ1) is 12.9. The van der Waals surface area contributed by atoms with Crippen LogP contribution in [0.2, 0.25) is 0 Å². The van der Waals surface area contributed by atoms with Crippen LogP contribution in [0.5, 0.6) is 0 Å². The van der Waals surface area contributed by atoms with Crippen LogP contribution in [0, 0.1) is 12.7 Å². The maximum atomic E-state index is 13.7. The smallest absolute Gasteiger partial charge is 0.156 e. The molecule has 19 heavy (non-hydrogen) atoms. The van der Waals surface area contributed by atoms with E-state index in [2.05, 4.69) is 5.32 Å². The summed E-state index contributed by atoms with van der Waals surface area (Å²) in [5.74, 6) is -0.272. The van der Waals surface area contributed by atoms with Crippen LogP contribution in [0.4, 0.5) is 10.1 Å². The third-order valence-corrected chi connectivity index (χ3v) is 7.03. The maximum absolute atomic E-state index is 13.7. The molecule has 2 heterocycles. The Morgan fingerprint density at radius 1 is 1.21 bits per heavy atom. The minimum atomic E-state index is -2.91. The zero-order valence-corrected chi connectivity index (χ0v) is 11.7. The highest BCUT2D eigenvalue weighted by molar-refractivity contribution is 7.93. The minimum Gasteiger partial charge on any atom is -0.380 e. The lowest BCUT2D eigenvalue weighted by molar-refractivity contribution is 0.520. The number of sulfone groups is 1. The molecule has 1 N–H and O–H groups in total. The van der Waals surface area contributed by atoms with Crippen molar-refractivity contribution in [3.8, 4) is 0 Å². The number of rotatable bonds is 2. The van der Waals surface area contributed by atoms with Gasteiger partial charge in [-0.15, -0.1) is 0 Å². The maximum Gasteiger partial charge on any atom is 0.156 e. The SMILES string of the molecule is Cc1ccc(F)c(NC2CC3CCC(C2)S3(=O)=O)c1. The van der Waals surface area contributed by atoms with Crippen molar-refractivity contribution in [2.24, 2.45) is 0 Å². The van der Waals surface area contributed by atoms with Gasteiger partial charge in [0.15, 0.2) is 9.84 Å². The third kappa shape index (κ3) is 2.24. The molecule has 0 aromatic heterocycles. The highest BCUT2D eigenvalue weighted by Gasteiger charge is 2.46. The summed E-state index contributed by atoms with van der Waals surface area (Å²) in [5, 5.41) is 2.74. The van der Waals surface area contributed by atoms with Crippen LogP contribution in [0.1, 0.15) is 31.2 Å². The molecule has 0 spiro atoms. The fourth-order valence-corrected chi connectivity index (χ4v) is 5.77. The van der Waals surface area contributed by atoms with Gasteiger partial charge in [-0.25, -0.2) is 12.8 Å². The van der Waals surface area contributed by atoms with Gasteiger partial charge in [0.05, 0.1) is 16.2 Å². The molecule has 1 aromatic carbocycles. The van der Waals surface area contributed by atoms with Crippen molar-refractivity contribution in [2.45, 2.75) is 49.1 Å². The summed E-state index contributed by atoms with van der Waals surface area (Å²) in [6.07, 6.45) is 2.74. The molecule has 2 bridgehead atoms. The Morgan fingerprint density at radius 2 is 1.84 bits per heavy atom. The zero-order chi connectivity index (χ0) is 13.6. The van der Waals surface area contributed by atoms with Gasteiger partial charge in [-0.2, -0.15) is 0 Å². The highest BCUT2D eigenvalue weighted by Crippen LogP contribution is 2.39. The normalized spacial score (nSPS) is 32.2. The second-order valence-corrected chi connectivity index (χ2v) is 8.22. The van der Waals surface area contributed by atoms with E-state index in [0.717, 1.165) is 18.4 Å². The van der Waals surface area contributed by atoms with Gasteiger partial charge in [-0.3, -0.25) is 0 Å². The summed E-state index contributed by atoms with van der Waals surface area (Å²) in [5.41, 5.74) is 1.49. The average molecular weight is 283 g/mol. The van der Waals surface area contributed by atoms with E-state index in [4.69, 9.17) is 0 Å². The first-order valence-corrected chi connectivity index (χ1v) is 8.33. The molecule has 3 rings (SSSR count). The third-order valence-electron chi connectivity index (χ3n) is 4.32. The number of hydrogen-bond donors (Lipinski definition) is 1. The number of aryl methyl sites for hydroxylation is 1. The number of nitrogens with one attached hydrogen (secondary N) is 1. The van der Waals surface area contributed by atoms with E-state index in [9.17, 15) is 12.8 Å². The van der Waals surface area contributed by atoms with Crippen LogP contribution in [0.15, 0.2) is 18.2 Å². The van der Waals surface area contributed by atoms with Gasteiger partial charge >= 0.3 is 0 Å². The molecule has 2 aliphatic rings. The van der Waals surface area contributed by atoms with Crippen molar-refractivity contribution in [2.75, 3.05) is 5.32 Å². The first-order chi connectivity index (χ1) is 8.96. The molecule has 2 atom stereocenters. The monoisotopic (exact) mass is 283 g/mol. The second kappa shape index (κ2) is 4.47. The van der Waals surface area contributed by atoms with E-state index < -0.39 is 9.84 Å². The highest BCUT2D eigenvalue weighted by atomic mass is 32.2. The van der Waals surface area contributed by atoms with Crippen LogP contribution < -0.4 is 5.32 Å². The molecule has 104 valence electrons. The van der Waals surface area contributed by atoms with E-state index in [-0.39, 0.29) is 22.4 Å². The molecule has 2 fully saturated rings. The van der Waals surface area contributed by atoms with E-state index in [0.29, 0.717) is 18.5 Å². The van der Waals surface area contributed by atoms with Crippen molar-refractivity contribution in [1.29, 1.82) is 0 Å². The van der Waals surface area contributed by atoms with Crippen molar-refractivity contribution in [1.82, 2.24) is 0 Å². The van der Waals surface area contributed by atoms with Gasteiger partial charge in [0.2, 0.25) is 0 Å². The standard InChI is InChI=1S/C14H18FNO2S/c1-9-2-5-13(15)14(6-9)16-10-7-11-3-4-12(8-10)19(11,17)18/h2,5-6,10-12,16H,3-4,7-8H2,1H3. The summed E-state index contributed by atoms with van der Waals surface area (Å²) in [7, 11) is -2.91. The van der Waals surface area contributed by atoms with Gasteiger partial charge < -0.3 is 5.32 Å². The number of fused-ring (bicyclic) bond motifs is 2. The van der Waals surface area contributed by atoms with Crippen LogP contribution >= 0.6 is 0 Å². The molecule has 3 nitrogen and oxygen atoms in total. The molecular weight excluding hydrogens is 265 g/mol. The van der Waals surface area contributed by atoms with E-state index in [1.165, 1.54) is 6.07 Å². The van der Waals surface area contributed by atoms with Gasteiger partial charge in [-0.1, -0.05) is 6.07 Å². The number of benzene rings is 1. The molecule has 2 saturated heterocycles. The molecular formula is C14H18FNO2S. The van der Waals surface area contributed by atoms with Crippen molar-refractivity contribution >= 4 is 15.5 Å². The summed E-state index contributed by atoms with van der Waals surface area (Å²) in [4.78, 5) is 0. The largest absolute Gasteiger partial charge is 0.380 e. The fraction of sp³-hybridized carbons (Fsp3) is 0.571. The quantitative estimate of drug-likeness (QED) is 0.907.